The van der Waals surface area contributed by atoms with Crippen LogP contribution in [-0.4, -0.2) is 37.5 Å². The number of carbonyl (C=O) groups is 3. The molecule has 0 spiro atoms. The summed E-state index contributed by atoms with van der Waals surface area (Å²) in [5, 5.41) is 2.43. The van der Waals surface area contributed by atoms with Crippen LogP contribution in [0.2, 0.25) is 0 Å². The maximum atomic E-state index is 11.6. The van der Waals surface area contributed by atoms with Crippen LogP contribution in [0.25, 0.3) is 0 Å². The highest BCUT2D eigenvalue weighted by atomic mass is 16.5. The van der Waals surface area contributed by atoms with Crippen LogP contribution in [0.1, 0.15) is 12.5 Å². The smallest absolute Gasteiger partial charge is 0.303 e. The summed E-state index contributed by atoms with van der Waals surface area (Å²) >= 11 is 0. The number of esters is 1. The Morgan fingerprint density at radius 2 is 1.95 bits per heavy atom. The maximum Gasteiger partial charge on any atom is 0.303 e. The zero-order chi connectivity index (χ0) is 15.8. The third kappa shape index (κ3) is 5.52. The molecule has 1 atom stereocenters. The van der Waals surface area contributed by atoms with E-state index in [0.29, 0.717) is 5.75 Å². The lowest BCUT2D eigenvalue weighted by Gasteiger charge is -2.17. The van der Waals surface area contributed by atoms with Crippen molar-refractivity contribution in [2.24, 2.45) is 5.73 Å². The van der Waals surface area contributed by atoms with Crippen molar-refractivity contribution in [3.63, 3.8) is 0 Å². The number of benzene rings is 1. The van der Waals surface area contributed by atoms with Crippen molar-refractivity contribution in [3.8, 4) is 5.75 Å². The number of nitrogens with two attached hydrogens (primary N) is 1. The van der Waals surface area contributed by atoms with E-state index >= 15 is 0 Å². The molecular formula is C14H18N2O5. The Hall–Kier alpha value is -2.57. The molecule has 2 amide bonds. The Balaban J connectivity index is 2.72. The van der Waals surface area contributed by atoms with Crippen LogP contribution >= 0.6 is 0 Å². The summed E-state index contributed by atoms with van der Waals surface area (Å²) in [4.78, 5) is 33.6. The van der Waals surface area contributed by atoms with E-state index in [9.17, 15) is 14.4 Å². The molecule has 114 valence electrons. The zero-order valence-electron chi connectivity index (χ0n) is 11.9. The molecule has 0 saturated heterocycles. The van der Waals surface area contributed by atoms with Crippen molar-refractivity contribution in [1.29, 1.82) is 0 Å². The first-order valence-electron chi connectivity index (χ1n) is 6.28. The second kappa shape index (κ2) is 7.88. The van der Waals surface area contributed by atoms with Crippen LogP contribution < -0.4 is 15.8 Å². The van der Waals surface area contributed by atoms with Crippen molar-refractivity contribution in [2.75, 3.05) is 13.7 Å². The highest BCUT2D eigenvalue weighted by Crippen LogP contribution is 2.18. The molecule has 21 heavy (non-hydrogen) atoms. The first-order chi connectivity index (χ1) is 9.93. The van der Waals surface area contributed by atoms with Gasteiger partial charge in [-0.25, -0.2) is 0 Å². The van der Waals surface area contributed by atoms with E-state index in [0.717, 1.165) is 5.56 Å². The fraction of sp³-hybridized carbons (Fsp3) is 0.357. The van der Waals surface area contributed by atoms with E-state index in [1.54, 1.807) is 24.3 Å². The summed E-state index contributed by atoms with van der Waals surface area (Å²) < 4.78 is 9.73. The molecule has 7 heteroatoms. The number of amides is 2. The number of hydrogen-bond donors (Lipinski definition) is 2. The molecule has 0 aliphatic heterocycles. The predicted octanol–water partition coefficient (Wildman–Crippen LogP) is -0.229. The molecule has 0 aromatic heterocycles. The topological polar surface area (TPSA) is 108 Å². The van der Waals surface area contributed by atoms with Gasteiger partial charge in [0.05, 0.1) is 7.11 Å². The van der Waals surface area contributed by atoms with Gasteiger partial charge in [-0.15, -0.1) is 0 Å². The average molecular weight is 294 g/mol. The van der Waals surface area contributed by atoms with Crippen LogP contribution in [0.5, 0.6) is 5.75 Å². The third-order valence-corrected chi connectivity index (χ3v) is 2.70. The van der Waals surface area contributed by atoms with Crippen molar-refractivity contribution < 1.29 is 23.9 Å². The van der Waals surface area contributed by atoms with Crippen molar-refractivity contribution in [3.05, 3.63) is 29.8 Å². The van der Waals surface area contributed by atoms with Crippen LogP contribution in [-0.2, 0) is 25.5 Å². The van der Waals surface area contributed by atoms with Gasteiger partial charge in [-0.2, -0.15) is 0 Å². The Morgan fingerprint density at radius 1 is 1.29 bits per heavy atom. The molecule has 0 aliphatic rings. The lowest BCUT2D eigenvalue weighted by Crippen LogP contribution is -2.47. The number of primary amides is 1. The number of methoxy groups -OCH3 is 1. The lowest BCUT2D eigenvalue weighted by molar-refractivity contribution is -0.146. The monoisotopic (exact) mass is 294 g/mol. The molecule has 7 nitrogen and oxygen atoms in total. The molecule has 0 radical (unpaired) electrons. The van der Waals surface area contributed by atoms with E-state index in [-0.39, 0.29) is 6.42 Å². The van der Waals surface area contributed by atoms with Crippen molar-refractivity contribution in [1.82, 2.24) is 5.32 Å². The molecule has 1 aromatic rings. The average Bonchev–Trinajstić information content (AvgIpc) is 2.44. The standard InChI is InChI=1S/C14H18N2O5/c1-9(17)21-8-13(18)16-11(14(15)19)7-10-5-3-4-6-12(10)20-2/h3-6,11H,7-8H2,1-2H3,(H2,15,19)(H,16,18)/t11-/m1/s1. The van der Waals surface area contributed by atoms with Gasteiger partial charge in [0.2, 0.25) is 5.91 Å². The first-order valence-corrected chi connectivity index (χ1v) is 6.28. The number of nitrogens with one attached hydrogen (secondary N) is 1. The van der Waals surface area contributed by atoms with Crippen LogP contribution in [0.4, 0.5) is 0 Å². The van der Waals surface area contributed by atoms with E-state index in [2.05, 4.69) is 10.1 Å². The Kier molecular flexibility index (Phi) is 6.19. The van der Waals surface area contributed by atoms with Gasteiger partial charge in [-0.05, 0) is 11.6 Å². The van der Waals surface area contributed by atoms with Gasteiger partial charge in [-0.1, -0.05) is 18.2 Å². The number of rotatable bonds is 7. The minimum Gasteiger partial charge on any atom is -0.496 e. The quantitative estimate of drug-likeness (QED) is 0.675. The lowest BCUT2D eigenvalue weighted by atomic mass is 10.0. The van der Waals surface area contributed by atoms with Gasteiger partial charge in [0.1, 0.15) is 11.8 Å². The van der Waals surface area contributed by atoms with Crippen molar-refractivity contribution >= 4 is 17.8 Å². The fourth-order valence-electron chi connectivity index (χ4n) is 1.72. The van der Waals surface area contributed by atoms with E-state index in [1.807, 2.05) is 0 Å². The molecule has 0 fully saturated rings. The summed E-state index contributed by atoms with van der Waals surface area (Å²) in [6, 6.07) is 6.18. The predicted molar refractivity (Wildman–Crippen MR) is 74.5 cm³/mol. The molecular weight excluding hydrogens is 276 g/mol. The summed E-state index contributed by atoms with van der Waals surface area (Å²) in [5.41, 5.74) is 6.01. The molecule has 1 rings (SSSR count). The molecule has 0 saturated carbocycles. The normalized spacial score (nSPS) is 11.3. The second-order valence-electron chi connectivity index (χ2n) is 4.32. The third-order valence-electron chi connectivity index (χ3n) is 2.70. The fourth-order valence-corrected chi connectivity index (χ4v) is 1.72. The summed E-state index contributed by atoms with van der Waals surface area (Å²) in [5.74, 6) is -1.26. The van der Waals surface area contributed by atoms with E-state index in [4.69, 9.17) is 10.5 Å². The summed E-state index contributed by atoms with van der Waals surface area (Å²) in [6.45, 7) is 0.735. The minimum absolute atomic E-state index is 0.186. The van der Waals surface area contributed by atoms with Gasteiger partial charge >= 0.3 is 5.97 Å². The number of ether oxygens (including phenoxy) is 2. The van der Waals surface area contributed by atoms with Crippen LogP contribution in [0.15, 0.2) is 24.3 Å². The summed E-state index contributed by atoms with van der Waals surface area (Å²) in [6.07, 6.45) is 0.186. The highest BCUT2D eigenvalue weighted by molar-refractivity contribution is 5.88. The Bertz CT molecular complexity index is 530. The van der Waals surface area contributed by atoms with E-state index < -0.39 is 30.4 Å². The van der Waals surface area contributed by atoms with Gasteiger partial charge in [0, 0.05) is 13.3 Å². The molecule has 1 aromatic carbocycles. The molecule has 3 N–H and O–H groups in total. The molecule has 0 bridgehead atoms. The summed E-state index contributed by atoms with van der Waals surface area (Å²) in [7, 11) is 1.51. The molecule has 0 heterocycles. The largest absolute Gasteiger partial charge is 0.496 e. The Labute approximate surface area is 122 Å². The molecule has 0 unspecified atom stereocenters. The maximum absolute atomic E-state index is 11.6. The van der Waals surface area contributed by atoms with Crippen molar-refractivity contribution in [2.45, 2.75) is 19.4 Å². The zero-order valence-corrected chi connectivity index (χ0v) is 11.9. The van der Waals surface area contributed by atoms with E-state index in [1.165, 1.54) is 14.0 Å². The Morgan fingerprint density at radius 3 is 2.52 bits per heavy atom. The SMILES string of the molecule is COc1ccccc1C[C@@H](NC(=O)COC(C)=O)C(N)=O. The highest BCUT2D eigenvalue weighted by Gasteiger charge is 2.20. The van der Waals surface area contributed by atoms with Gasteiger partial charge in [0.25, 0.3) is 5.91 Å². The first kappa shape index (κ1) is 16.5. The van der Waals surface area contributed by atoms with Crippen LogP contribution in [0.3, 0.4) is 0 Å². The number of hydrogen-bond acceptors (Lipinski definition) is 5. The number of para-hydroxylation sites is 1. The second-order valence-corrected chi connectivity index (χ2v) is 4.32. The van der Waals surface area contributed by atoms with Gasteiger partial charge in [-0.3, -0.25) is 14.4 Å². The molecule has 0 aliphatic carbocycles. The van der Waals surface area contributed by atoms with Gasteiger partial charge in [0.15, 0.2) is 6.61 Å². The number of carbonyl (C=O) groups excluding carboxylic acids is 3. The van der Waals surface area contributed by atoms with Crippen LogP contribution in [0, 0.1) is 0 Å². The van der Waals surface area contributed by atoms with Gasteiger partial charge < -0.3 is 20.5 Å². The minimum atomic E-state index is -0.913.